The van der Waals surface area contributed by atoms with Crippen molar-refractivity contribution in [1.29, 1.82) is 0 Å². The molecule has 1 aliphatic carbocycles. The van der Waals surface area contributed by atoms with Gasteiger partial charge in [0.05, 0.1) is 5.69 Å². The van der Waals surface area contributed by atoms with E-state index in [1.54, 1.807) is 0 Å². The van der Waals surface area contributed by atoms with E-state index in [4.69, 9.17) is 10.7 Å². The highest BCUT2D eigenvalue weighted by Crippen LogP contribution is 2.31. The average Bonchev–Trinajstić information content (AvgIpc) is 2.73. The van der Waals surface area contributed by atoms with E-state index in [0.717, 1.165) is 17.1 Å². The molecule has 0 fully saturated rings. The second kappa shape index (κ2) is 5.11. The number of fused-ring (bicyclic) bond motifs is 1. The number of nitrogen functional groups attached to an aromatic ring is 1. The molecule has 0 amide bonds. The molecule has 0 saturated heterocycles. The van der Waals surface area contributed by atoms with Crippen molar-refractivity contribution in [2.45, 2.75) is 38.5 Å². The molecule has 2 aromatic rings. The normalized spacial score (nSPS) is 15.8. The lowest BCUT2D eigenvalue weighted by Gasteiger charge is -2.06. The van der Waals surface area contributed by atoms with Crippen LogP contribution in [0.1, 0.15) is 36.3 Å². The van der Waals surface area contributed by atoms with Crippen molar-refractivity contribution in [2.75, 3.05) is 5.73 Å². The number of rotatable bonds is 1. The summed E-state index contributed by atoms with van der Waals surface area (Å²) in [5.41, 5.74) is 9.07. The number of hydrogen-bond acceptors (Lipinski definition) is 3. The van der Waals surface area contributed by atoms with Crippen molar-refractivity contribution in [3.05, 3.63) is 34.8 Å². The number of nitrogens with zero attached hydrogens (tertiary/aromatic N) is 1. The Bertz CT molecular complexity index is 502. The fourth-order valence-electron chi connectivity index (χ4n) is 2.45. The smallest absolute Gasteiger partial charge is 0.123 e. The van der Waals surface area contributed by atoms with Gasteiger partial charge in [0.2, 0.25) is 0 Å². The van der Waals surface area contributed by atoms with Gasteiger partial charge in [-0.2, -0.15) is 0 Å². The van der Waals surface area contributed by atoms with Crippen LogP contribution in [-0.4, -0.2) is 4.98 Å². The SMILES string of the molecule is Nc1ccc(-c2nc3c(s2)CCCCCC3)cc1. The first-order valence-electron chi connectivity index (χ1n) is 6.67. The van der Waals surface area contributed by atoms with E-state index in [1.807, 2.05) is 23.5 Å². The Hall–Kier alpha value is -1.35. The van der Waals surface area contributed by atoms with Crippen LogP contribution < -0.4 is 5.73 Å². The Morgan fingerprint density at radius 2 is 1.67 bits per heavy atom. The van der Waals surface area contributed by atoms with Crippen LogP contribution in [0, 0.1) is 0 Å². The third-order valence-electron chi connectivity index (χ3n) is 3.50. The van der Waals surface area contributed by atoms with Crippen LogP contribution in [0.2, 0.25) is 0 Å². The van der Waals surface area contributed by atoms with Gasteiger partial charge >= 0.3 is 0 Å². The molecule has 1 aromatic carbocycles. The van der Waals surface area contributed by atoms with Gasteiger partial charge < -0.3 is 5.73 Å². The highest BCUT2D eigenvalue weighted by molar-refractivity contribution is 7.15. The summed E-state index contributed by atoms with van der Waals surface area (Å²) in [5, 5.41) is 1.15. The molecular weight excluding hydrogens is 240 g/mol. The zero-order valence-corrected chi connectivity index (χ0v) is 11.3. The average molecular weight is 258 g/mol. The Morgan fingerprint density at radius 3 is 2.44 bits per heavy atom. The predicted octanol–water partition coefficient (Wildman–Crippen LogP) is 4.05. The highest BCUT2D eigenvalue weighted by atomic mass is 32.1. The Kier molecular flexibility index (Phi) is 3.33. The van der Waals surface area contributed by atoms with Crippen LogP contribution in [0.25, 0.3) is 10.6 Å². The maximum absolute atomic E-state index is 5.73. The van der Waals surface area contributed by atoms with Gasteiger partial charge in [0.1, 0.15) is 5.01 Å². The van der Waals surface area contributed by atoms with Crippen LogP contribution >= 0.6 is 11.3 Å². The fourth-order valence-corrected chi connectivity index (χ4v) is 3.61. The third kappa shape index (κ3) is 2.41. The van der Waals surface area contributed by atoms with Crippen LogP contribution in [0.15, 0.2) is 24.3 Å². The number of anilines is 1. The molecule has 1 aliphatic rings. The Morgan fingerprint density at radius 1 is 0.944 bits per heavy atom. The van der Waals surface area contributed by atoms with Gasteiger partial charge in [-0.15, -0.1) is 11.3 Å². The first-order valence-corrected chi connectivity index (χ1v) is 7.49. The molecule has 18 heavy (non-hydrogen) atoms. The third-order valence-corrected chi connectivity index (χ3v) is 4.71. The van der Waals surface area contributed by atoms with Crippen molar-refractivity contribution in [3.63, 3.8) is 0 Å². The number of hydrogen-bond donors (Lipinski definition) is 1. The van der Waals surface area contributed by atoms with E-state index in [9.17, 15) is 0 Å². The minimum Gasteiger partial charge on any atom is -0.399 e. The van der Waals surface area contributed by atoms with Gasteiger partial charge in [0.15, 0.2) is 0 Å². The van der Waals surface area contributed by atoms with Gasteiger partial charge in [-0.3, -0.25) is 0 Å². The van der Waals surface area contributed by atoms with Gasteiger partial charge in [0, 0.05) is 16.1 Å². The Balaban J connectivity index is 1.93. The molecule has 0 atom stereocenters. The second-order valence-electron chi connectivity index (χ2n) is 4.93. The summed E-state index contributed by atoms with van der Waals surface area (Å²) in [5.74, 6) is 0. The van der Waals surface area contributed by atoms with E-state index < -0.39 is 0 Å². The zero-order valence-electron chi connectivity index (χ0n) is 10.5. The van der Waals surface area contributed by atoms with E-state index in [1.165, 1.54) is 48.2 Å². The van der Waals surface area contributed by atoms with Gasteiger partial charge in [-0.05, 0) is 49.9 Å². The fraction of sp³-hybridized carbons (Fsp3) is 0.400. The van der Waals surface area contributed by atoms with Crippen molar-refractivity contribution in [2.24, 2.45) is 0 Å². The monoisotopic (exact) mass is 258 g/mol. The topological polar surface area (TPSA) is 38.9 Å². The second-order valence-corrected chi connectivity index (χ2v) is 6.01. The number of nitrogens with two attached hydrogens (primary N) is 1. The summed E-state index contributed by atoms with van der Waals surface area (Å²) in [6, 6.07) is 8.05. The largest absolute Gasteiger partial charge is 0.399 e. The number of benzene rings is 1. The molecule has 2 nitrogen and oxygen atoms in total. The van der Waals surface area contributed by atoms with Gasteiger partial charge in [-0.25, -0.2) is 4.98 Å². The van der Waals surface area contributed by atoms with Crippen molar-refractivity contribution in [3.8, 4) is 10.6 Å². The lowest BCUT2D eigenvalue weighted by atomic mass is 10.0. The minimum atomic E-state index is 0.814. The summed E-state index contributed by atoms with van der Waals surface area (Å²) in [4.78, 5) is 6.33. The standard InChI is InChI=1S/C15H18N2S/c16-12-9-7-11(8-10-12)15-17-13-5-3-1-2-4-6-14(13)18-15/h7-10H,1-6,16H2. The highest BCUT2D eigenvalue weighted by Gasteiger charge is 2.13. The molecule has 3 heteroatoms. The van der Waals surface area contributed by atoms with Crippen molar-refractivity contribution < 1.29 is 0 Å². The molecule has 0 aliphatic heterocycles. The van der Waals surface area contributed by atoms with E-state index >= 15 is 0 Å². The molecular formula is C15H18N2S. The molecule has 1 aromatic heterocycles. The first kappa shape index (κ1) is 11.7. The molecule has 0 radical (unpaired) electrons. The summed E-state index contributed by atoms with van der Waals surface area (Å²) in [7, 11) is 0. The van der Waals surface area contributed by atoms with Crippen LogP contribution in [0.4, 0.5) is 5.69 Å². The van der Waals surface area contributed by atoms with Crippen molar-refractivity contribution >= 4 is 17.0 Å². The molecule has 94 valence electrons. The maximum atomic E-state index is 5.73. The van der Waals surface area contributed by atoms with Gasteiger partial charge in [-0.1, -0.05) is 12.8 Å². The first-order chi connectivity index (χ1) is 8.83. The van der Waals surface area contributed by atoms with E-state index in [0.29, 0.717) is 0 Å². The van der Waals surface area contributed by atoms with Crippen LogP contribution in [-0.2, 0) is 12.8 Å². The molecule has 0 spiro atoms. The number of aromatic nitrogens is 1. The number of aryl methyl sites for hydroxylation is 2. The molecule has 0 unspecified atom stereocenters. The lowest BCUT2D eigenvalue weighted by Crippen LogP contribution is -1.96. The van der Waals surface area contributed by atoms with Gasteiger partial charge in [0.25, 0.3) is 0 Å². The quantitative estimate of drug-likeness (QED) is 0.784. The number of thiazole rings is 1. The molecule has 1 heterocycles. The van der Waals surface area contributed by atoms with E-state index in [2.05, 4.69) is 12.1 Å². The van der Waals surface area contributed by atoms with Crippen LogP contribution in [0.5, 0.6) is 0 Å². The summed E-state index contributed by atoms with van der Waals surface area (Å²) >= 11 is 1.86. The Labute approximate surface area is 112 Å². The predicted molar refractivity (Wildman–Crippen MR) is 77.8 cm³/mol. The molecule has 0 saturated carbocycles. The summed E-state index contributed by atoms with van der Waals surface area (Å²) < 4.78 is 0. The minimum absolute atomic E-state index is 0.814. The lowest BCUT2D eigenvalue weighted by molar-refractivity contribution is 0.616. The molecule has 0 bridgehead atoms. The molecule has 2 N–H and O–H groups in total. The zero-order chi connectivity index (χ0) is 12.4. The van der Waals surface area contributed by atoms with E-state index in [-0.39, 0.29) is 0 Å². The summed E-state index contributed by atoms with van der Waals surface area (Å²) in [6.07, 6.45) is 7.69. The van der Waals surface area contributed by atoms with Crippen molar-refractivity contribution in [1.82, 2.24) is 4.98 Å². The molecule has 3 rings (SSSR count). The maximum Gasteiger partial charge on any atom is 0.123 e. The summed E-state index contributed by atoms with van der Waals surface area (Å²) in [6.45, 7) is 0. The van der Waals surface area contributed by atoms with Crippen LogP contribution in [0.3, 0.4) is 0 Å².